The van der Waals surface area contributed by atoms with Gasteiger partial charge in [0.1, 0.15) is 0 Å². The third-order valence-electron chi connectivity index (χ3n) is 3.46. The van der Waals surface area contributed by atoms with E-state index in [1.54, 1.807) is 18.2 Å². The number of carbonyl (C=O) groups is 1. The van der Waals surface area contributed by atoms with E-state index in [0.29, 0.717) is 11.3 Å². The van der Waals surface area contributed by atoms with Gasteiger partial charge in [0.2, 0.25) is 0 Å². The number of rotatable bonds is 7. The van der Waals surface area contributed by atoms with Crippen LogP contribution in [0.3, 0.4) is 0 Å². The molecule has 1 unspecified atom stereocenters. The summed E-state index contributed by atoms with van der Waals surface area (Å²) in [6.45, 7) is 0. The van der Waals surface area contributed by atoms with E-state index in [2.05, 4.69) is 0 Å². The van der Waals surface area contributed by atoms with Crippen molar-refractivity contribution in [1.29, 1.82) is 0 Å². The number of para-hydroxylation sites is 1. The Morgan fingerprint density at radius 1 is 1.40 bits per heavy atom. The summed E-state index contributed by atoms with van der Waals surface area (Å²) >= 11 is 0. The van der Waals surface area contributed by atoms with E-state index in [4.69, 9.17) is 5.11 Å². The molecule has 0 spiro atoms. The number of nitrogens with zero attached hydrogens (tertiary/aromatic N) is 1. The predicted octanol–water partition coefficient (Wildman–Crippen LogP) is 2.10. The molecule has 0 aliphatic heterocycles. The van der Waals surface area contributed by atoms with Crippen LogP contribution in [0.2, 0.25) is 0 Å². The normalized spacial score (nSPS) is 17.4. The first-order valence-electron chi connectivity index (χ1n) is 6.21. The maximum Gasteiger partial charge on any atom is 0.303 e. The SMILES string of the molecule is O=C(O)CC1(CS(=O)Cc2ccccc2[N+](=O)[O-])CC1. The van der Waals surface area contributed by atoms with Crippen LogP contribution < -0.4 is 0 Å². The summed E-state index contributed by atoms with van der Waals surface area (Å²) in [5.74, 6) is -0.491. The van der Waals surface area contributed by atoms with E-state index in [1.807, 2.05) is 0 Å². The van der Waals surface area contributed by atoms with Gasteiger partial charge in [0.05, 0.1) is 17.1 Å². The van der Waals surface area contributed by atoms with Gasteiger partial charge in [-0.2, -0.15) is 0 Å². The summed E-state index contributed by atoms with van der Waals surface area (Å²) in [6, 6.07) is 6.21. The fourth-order valence-electron chi connectivity index (χ4n) is 2.25. The van der Waals surface area contributed by atoms with Gasteiger partial charge in [-0.15, -0.1) is 0 Å². The quantitative estimate of drug-likeness (QED) is 0.614. The monoisotopic (exact) mass is 297 g/mol. The van der Waals surface area contributed by atoms with Crippen molar-refractivity contribution in [2.24, 2.45) is 5.41 Å². The van der Waals surface area contributed by atoms with Crippen molar-refractivity contribution >= 4 is 22.5 Å². The Kier molecular flexibility index (Phi) is 4.17. The third kappa shape index (κ3) is 3.63. The van der Waals surface area contributed by atoms with Crippen molar-refractivity contribution in [1.82, 2.24) is 0 Å². The molecule has 1 saturated carbocycles. The zero-order valence-corrected chi connectivity index (χ0v) is 11.6. The average molecular weight is 297 g/mol. The minimum Gasteiger partial charge on any atom is -0.481 e. The van der Waals surface area contributed by atoms with Crippen LogP contribution in [0, 0.1) is 15.5 Å². The predicted molar refractivity (Wildman–Crippen MR) is 73.7 cm³/mol. The summed E-state index contributed by atoms with van der Waals surface area (Å²) in [5.41, 5.74) is 0.0335. The molecule has 0 saturated heterocycles. The van der Waals surface area contributed by atoms with Crippen LogP contribution in [-0.4, -0.2) is 26.0 Å². The Morgan fingerprint density at radius 2 is 2.05 bits per heavy atom. The van der Waals surface area contributed by atoms with Crippen LogP contribution in [0.5, 0.6) is 0 Å². The molecule has 0 bridgehead atoms. The number of nitro benzene ring substituents is 1. The Balaban J connectivity index is 2.02. The maximum atomic E-state index is 12.1. The van der Waals surface area contributed by atoms with E-state index < -0.39 is 21.7 Å². The number of benzene rings is 1. The van der Waals surface area contributed by atoms with Crippen molar-refractivity contribution in [3.8, 4) is 0 Å². The first-order chi connectivity index (χ1) is 9.42. The minimum atomic E-state index is -1.29. The van der Waals surface area contributed by atoms with Crippen LogP contribution in [0.4, 0.5) is 5.69 Å². The van der Waals surface area contributed by atoms with Gasteiger partial charge in [0.15, 0.2) is 0 Å². The molecular formula is C13H15NO5S. The van der Waals surface area contributed by atoms with Gasteiger partial charge in [0, 0.05) is 28.2 Å². The van der Waals surface area contributed by atoms with E-state index in [0.717, 1.165) is 12.8 Å². The molecule has 0 radical (unpaired) electrons. The molecule has 1 aromatic rings. The van der Waals surface area contributed by atoms with Gasteiger partial charge in [-0.25, -0.2) is 0 Å². The lowest BCUT2D eigenvalue weighted by Gasteiger charge is -2.11. The zero-order chi connectivity index (χ0) is 14.8. The van der Waals surface area contributed by atoms with E-state index >= 15 is 0 Å². The average Bonchev–Trinajstić information content (AvgIpc) is 3.07. The molecule has 1 fully saturated rings. The van der Waals surface area contributed by atoms with Crippen LogP contribution in [0.1, 0.15) is 24.8 Å². The van der Waals surface area contributed by atoms with Gasteiger partial charge in [-0.1, -0.05) is 18.2 Å². The second kappa shape index (κ2) is 5.70. The van der Waals surface area contributed by atoms with E-state index in [-0.39, 0.29) is 23.3 Å². The Hall–Kier alpha value is -1.76. The van der Waals surface area contributed by atoms with Gasteiger partial charge >= 0.3 is 5.97 Å². The van der Waals surface area contributed by atoms with Crippen LogP contribution in [-0.2, 0) is 21.3 Å². The molecule has 1 aliphatic rings. The summed E-state index contributed by atoms with van der Waals surface area (Å²) in [6.07, 6.45) is 1.56. The number of hydrogen-bond acceptors (Lipinski definition) is 4. The Labute approximate surface area is 118 Å². The van der Waals surface area contributed by atoms with Gasteiger partial charge in [0.25, 0.3) is 5.69 Å². The molecule has 108 valence electrons. The summed E-state index contributed by atoms with van der Waals surface area (Å²) in [4.78, 5) is 21.1. The summed E-state index contributed by atoms with van der Waals surface area (Å²) < 4.78 is 12.1. The van der Waals surface area contributed by atoms with E-state index in [9.17, 15) is 19.1 Å². The molecule has 0 aromatic heterocycles. The molecule has 7 heteroatoms. The fraction of sp³-hybridized carbons (Fsp3) is 0.462. The van der Waals surface area contributed by atoms with Gasteiger partial charge < -0.3 is 5.11 Å². The molecule has 20 heavy (non-hydrogen) atoms. The maximum absolute atomic E-state index is 12.1. The topological polar surface area (TPSA) is 97.5 Å². The minimum absolute atomic E-state index is 0.0234. The molecule has 1 aliphatic carbocycles. The zero-order valence-electron chi connectivity index (χ0n) is 10.8. The standard InChI is InChI=1S/C13H15NO5S/c15-12(16)7-13(5-6-13)9-20(19)8-10-3-1-2-4-11(10)14(17)18/h1-4H,5-9H2,(H,15,16). The van der Waals surface area contributed by atoms with E-state index in [1.165, 1.54) is 6.07 Å². The molecular weight excluding hydrogens is 282 g/mol. The lowest BCUT2D eigenvalue weighted by atomic mass is 10.1. The number of aliphatic carboxylic acids is 1. The van der Waals surface area contributed by atoms with Crippen LogP contribution >= 0.6 is 0 Å². The van der Waals surface area contributed by atoms with Crippen LogP contribution in [0.25, 0.3) is 0 Å². The molecule has 0 amide bonds. The first-order valence-corrected chi connectivity index (χ1v) is 7.70. The highest BCUT2D eigenvalue weighted by molar-refractivity contribution is 7.84. The number of carboxylic acid groups (broad SMARTS) is 1. The highest BCUT2D eigenvalue weighted by Gasteiger charge is 2.45. The number of hydrogen-bond donors (Lipinski definition) is 1. The Morgan fingerprint density at radius 3 is 2.60 bits per heavy atom. The molecule has 1 atom stereocenters. The first kappa shape index (κ1) is 14.6. The van der Waals surface area contributed by atoms with Crippen molar-refractivity contribution < 1.29 is 19.0 Å². The van der Waals surface area contributed by atoms with Crippen molar-refractivity contribution in [3.05, 3.63) is 39.9 Å². The second-order valence-electron chi connectivity index (χ2n) is 5.18. The fourth-order valence-corrected chi connectivity index (χ4v) is 4.01. The lowest BCUT2D eigenvalue weighted by molar-refractivity contribution is -0.385. The molecule has 6 nitrogen and oxygen atoms in total. The number of nitro groups is 1. The molecule has 2 rings (SSSR count). The molecule has 0 heterocycles. The number of carboxylic acids is 1. The molecule has 1 aromatic carbocycles. The van der Waals surface area contributed by atoms with Crippen molar-refractivity contribution in [2.45, 2.75) is 25.0 Å². The van der Waals surface area contributed by atoms with Gasteiger partial charge in [-0.3, -0.25) is 19.1 Å². The lowest BCUT2D eigenvalue weighted by Crippen LogP contribution is -2.17. The highest BCUT2D eigenvalue weighted by atomic mass is 32.2. The van der Waals surface area contributed by atoms with Gasteiger partial charge in [-0.05, 0) is 18.3 Å². The Bertz CT molecular complexity index is 568. The van der Waals surface area contributed by atoms with Crippen LogP contribution in [0.15, 0.2) is 24.3 Å². The largest absolute Gasteiger partial charge is 0.481 e. The van der Waals surface area contributed by atoms with Crippen molar-refractivity contribution in [3.63, 3.8) is 0 Å². The summed E-state index contributed by atoms with van der Waals surface area (Å²) in [5, 5.41) is 19.7. The third-order valence-corrected chi connectivity index (χ3v) is 5.02. The summed E-state index contributed by atoms with van der Waals surface area (Å²) in [7, 11) is -1.29. The van der Waals surface area contributed by atoms with Crippen molar-refractivity contribution in [2.75, 3.05) is 5.75 Å². The molecule has 1 N–H and O–H groups in total. The second-order valence-corrected chi connectivity index (χ2v) is 6.64. The smallest absolute Gasteiger partial charge is 0.303 e. The highest BCUT2D eigenvalue weighted by Crippen LogP contribution is 2.49.